The van der Waals surface area contributed by atoms with Gasteiger partial charge >= 0.3 is 0 Å². The van der Waals surface area contributed by atoms with Crippen molar-refractivity contribution < 1.29 is 28.0 Å². The van der Waals surface area contributed by atoms with Gasteiger partial charge in [0, 0.05) is 24.6 Å². The summed E-state index contributed by atoms with van der Waals surface area (Å²) in [7, 11) is 0. The monoisotopic (exact) mass is 433 g/mol. The van der Waals surface area contributed by atoms with Crippen molar-refractivity contribution in [3.05, 3.63) is 34.4 Å². The maximum atomic E-state index is 15.3. The van der Waals surface area contributed by atoms with Gasteiger partial charge in [-0.1, -0.05) is 13.8 Å². The molecule has 0 bridgehead atoms. The van der Waals surface area contributed by atoms with E-state index in [4.69, 9.17) is 0 Å². The van der Waals surface area contributed by atoms with Crippen LogP contribution in [-0.2, 0) is 25.7 Å². The summed E-state index contributed by atoms with van der Waals surface area (Å²) in [5.41, 5.74) is 0.567. The number of hydrogen-bond donors (Lipinski definition) is 2. The van der Waals surface area contributed by atoms with Crippen molar-refractivity contribution in [3.8, 4) is 0 Å². The number of hydrogen-bond acceptors (Lipinski definition) is 6. The van der Waals surface area contributed by atoms with E-state index >= 15 is 4.39 Å². The number of carbonyl (C=O) groups is 4. The summed E-state index contributed by atoms with van der Waals surface area (Å²) in [6.07, 6.45) is 0.346. The zero-order valence-corrected chi connectivity index (χ0v) is 17.4. The number of ketones is 1. The van der Waals surface area contributed by atoms with Crippen LogP contribution in [0.25, 0.3) is 0 Å². The summed E-state index contributed by atoms with van der Waals surface area (Å²) in [5, 5.41) is 5.52. The van der Waals surface area contributed by atoms with Gasteiger partial charge in [-0.15, -0.1) is 0 Å². The minimum absolute atomic E-state index is 0.0180. The van der Waals surface area contributed by atoms with Crippen molar-refractivity contribution in [2.45, 2.75) is 51.2 Å². The first-order chi connectivity index (χ1) is 14.7. The summed E-state index contributed by atoms with van der Waals surface area (Å²) in [6.45, 7) is 5.10. The first kappa shape index (κ1) is 21.7. The topological polar surface area (TPSA) is 95.6 Å². The fraction of sp³-hybridized carbons (Fsp3) is 0.545. The van der Waals surface area contributed by atoms with E-state index in [9.17, 15) is 23.6 Å². The number of rotatable bonds is 4. The number of nitrogens with one attached hydrogen (secondary N) is 2. The molecule has 0 aromatic heterocycles. The average molecular weight is 433 g/mol. The third kappa shape index (κ3) is 3.59. The molecule has 2 fully saturated rings. The highest BCUT2D eigenvalue weighted by atomic mass is 19.1. The van der Waals surface area contributed by atoms with Gasteiger partial charge in [0.15, 0.2) is 6.29 Å². The van der Waals surface area contributed by atoms with Gasteiger partial charge < -0.3 is 5.32 Å². The van der Waals surface area contributed by atoms with E-state index < -0.39 is 41.3 Å². The van der Waals surface area contributed by atoms with E-state index in [1.165, 1.54) is 4.90 Å². The Balaban J connectivity index is 1.87. The summed E-state index contributed by atoms with van der Waals surface area (Å²) in [5.74, 6) is -3.66. The molecule has 4 atom stereocenters. The number of imide groups is 1. The SMILES string of the molecule is CC1CNCC(C)C1c1c(F)cc(F)c2c1C(C(=O)C=O)N(C1CCC(=O)NC1=O)C2. The molecule has 4 unspecified atom stereocenters. The summed E-state index contributed by atoms with van der Waals surface area (Å²) in [6, 6.07) is -1.31. The van der Waals surface area contributed by atoms with Crippen molar-refractivity contribution >= 4 is 23.9 Å². The molecule has 166 valence electrons. The molecule has 3 heterocycles. The van der Waals surface area contributed by atoms with Crippen molar-refractivity contribution in [2.24, 2.45) is 11.8 Å². The Hall–Kier alpha value is -2.52. The molecule has 31 heavy (non-hydrogen) atoms. The fourth-order valence-corrected chi connectivity index (χ4v) is 5.53. The van der Waals surface area contributed by atoms with E-state index in [0.29, 0.717) is 13.1 Å². The van der Waals surface area contributed by atoms with Gasteiger partial charge in [0.2, 0.25) is 17.6 Å². The molecule has 1 aromatic rings. The number of benzene rings is 1. The third-order valence-electron chi connectivity index (χ3n) is 6.85. The predicted octanol–water partition coefficient (Wildman–Crippen LogP) is 1.35. The van der Waals surface area contributed by atoms with E-state index in [-0.39, 0.29) is 60.1 Å². The number of halogens is 2. The molecule has 0 spiro atoms. The van der Waals surface area contributed by atoms with Crippen LogP contribution < -0.4 is 10.6 Å². The molecule has 4 rings (SSSR count). The second-order valence-corrected chi connectivity index (χ2v) is 8.85. The van der Waals surface area contributed by atoms with Crippen LogP contribution >= 0.6 is 0 Å². The Kier molecular flexibility index (Phi) is 5.74. The molecule has 7 nitrogen and oxygen atoms in total. The Labute approximate surface area is 178 Å². The average Bonchev–Trinajstić information content (AvgIpc) is 3.10. The number of nitrogens with zero attached hydrogens (tertiary/aromatic N) is 1. The zero-order chi connectivity index (χ0) is 22.4. The molecule has 2 amide bonds. The molecule has 1 aromatic carbocycles. The van der Waals surface area contributed by atoms with Crippen molar-refractivity contribution in [1.82, 2.24) is 15.5 Å². The van der Waals surface area contributed by atoms with Gasteiger partial charge in [0.05, 0.1) is 6.04 Å². The summed E-state index contributed by atoms with van der Waals surface area (Å²) < 4.78 is 30.2. The predicted molar refractivity (Wildman–Crippen MR) is 106 cm³/mol. The van der Waals surface area contributed by atoms with Crippen molar-refractivity contribution in [1.29, 1.82) is 0 Å². The molecule has 2 saturated heterocycles. The van der Waals surface area contributed by atoms with Crippen LogP contribution in [0, 0.1) is 23.5 Å². The Morgan fingerprint density at radius 1 is 1.13 bits per heavy atom. The lowest BCUT2D eigenvalue weighted by molar-refractivity contribution is -0.141. The van der Waals surface area contributed by atoms with Crippen LogP contribution in [0.1, 0.15) is 55.3 Å². The van der Waals surface area contributed by atoms with Gasteiger partial charge in [0.1, 0.15) is 17.7 Å². The van der Waals surface area contributed by atoms with Gasteiger partial charge in [0.25, 0.3) is 0 Å². The first-order valence-electron chi connectivity index (χ1n) is 10.5. The zero-order valence-electron chi connectivity index (χ0n) is 17.4. The van der Waals surface area contributed by atoms with Crippen LogP contribution in [0.4, 0.5) is 8.78 Å². The molecular weight excluding hydrogens is 408 g/mol. The van der Waals surface area contributed by atoms with Crippen LogP contribution in [0.5, 0.6) is 0 Å². The molecule has 0 radical (unpaired) electrons. The number of carbonyl (C=O) groups excluding carboxylic acids is 4. The van der Waals surface area contributed by atoms with Gasteiger partial charge in [-0.3, -0.25) is 29.4 Å². The second-order valence-electron chi connectivity index (χ2n) is 8.85. The summed E-state index contributed by atoms with van der Waals surface area (Å²) >= 11 is 0. The number of fused-ring (bicyclic) bond motifs is 1. The van der Waals surface area contributed by atoms with Crippen molar-refractivity contribution in [2.75, 3.05) is 13.1 Å². The number of piperidine rings is 2. The molecule has 2 N–H and O–H groups in total. The lowest BCUT2D eigenvalue weighted by atomic mass is 9.72. The molecular formula is C22H25F2N3O4. The fourth-order valence-electron chi connectivity index (χ4n) is 5.53. The molecule has 0 aliphatic carbocycles. The number of Topliss-reactive ketones (excluding diaryl/α,β-unsaturated/α-hetero) is 1. The molecule has 0 saturated carbocycles. The van der Waals surface area contributed by atoms with E-state index in [1.54, 1.807) is 0 Å². The van der Waals surface area contributed by atoms with Crippen LogP contribution in [0.15, 0.2) is 6.07 Å². The lowest BCUT2D eigenvalue weighted by Gasteiger charge is -2.38. The molecule has 3 aliphatic rings. The highest BCUT2D eigenvalue weighted by Crippen LogP contribution is 2.47. The maximum Gasteiger partial charge on any atom is 0.243 e. The molecule has 3 aliphatic heterocycles. The van der Waals surface area contributed by atoms with E-state index in [0.717, 1.165) is 6.07 Å². The van der Waals surface area contributed by atoms with E-state index in [2.05, 4.69) is 10.6 Å². The van der Waals surface area contributed by atoms with Gasteiger partial charge in [-0.2, -0.15) is 0 Å². The summed E-state index contributed by atoms with van der Waals surface area (Å²) in [4.78, 5) is 49.8. The third-order valence-corrected chi connectivity index (χ3v) is 6.85. The van der Waals surface area contributed by atoms with Gasteiger partial charge in [-0.05, 0) is 48.4 Å². The standard InChI is InChI=1S/C22H25F2N3O4/c1-10-6-25-7-11(2)18(10)20-14(24)5-13(23)12-8-27(21(19(12)20)16(29)9-28)15-3-4-17(30)26-22(15)31/h5,9-11,15,18,21,25H,3-4,6-8H2,1-2H3,(H,26,30,31). The first-order valence-corrected chi connectivity index (χ1v) is 10.5. The number of aldehydes is 1. The maximum absolute atomic E-state index is 15.3. The van der Waals surface area contributed by atoms with Crippen molar-refractivity contribution in [3.63, 3.8) is 0 Å². The van der Waals surface area contributed by atoms with Gasteiger partial charge in [-0.25, -0.2) is 8.78 Å². The Bertz CT molecular complexity index is 957. The second kappa shape index (κ2) is 8.20. The van der Waals surface area contributed by atoms with E-state index in [1.807, 2.05) is 13.8 Å². The minimum atomic E-state index is -1.26. The normalized spacial score (nSPS) is 31.3. The minimum Gasteiger partial charge on any atom is -0.316 e. The number of amides is 2. The smallest absolute Gasteiger partial charge is 0.243 e. The Morgan fingerprint density at radius 2 is 1.81 bits per heavy atom. The highest BCUT2D eigenvalue weighted by Gasteiger charge is 2.48. The lowest BCUT2D eigenvalue weighted by Crippen LogP contribution is -2.52. The van der Waals surface area contributed by atoms with Crippen LogP contribution in [0.2, 0.25) is 0 Å². The Morgan fingerprint density at radius 3 is 2.42 bits per heavy atom. The van der Waals surface area contributed by atoms with Crippen LogP contribution in [0.3, 0.4) is 0 Å². The largest absolute Gasteiger partial charge is 0.316 e. The highest BCUT2D eigenvalue weighted by molar-refractivity contribution is 6.27. The quantitative estimate of drug-likeness (QED) is 0.423. The molecule has 9 heteroatoms. The van der Waals surface area contributed by atoms with Crippen LogP contribution in [-0.4, -0.2) is 47.9 Å².